The zero-order valence-corrected chi connectivity index (χ0v) is 11.1. The van der Waals surface area contributed by atoms with Gasteiger partial charge in [-0.3, -0.25) is 9.69 Å². The molecular formula is C12H25N3O2. The van der Waals surface area contributed by atoms with Crippen LogP contribution in [-0.4, -0.2) is 56.2 Å². The van der Waals surface area contributed by atoms with Crippen LogP contribution in [-0.2, 0) is 9.53 Å². The first-order valence-electron chi connectivity index (χ1n) is 6.27. The number of carbonyl (C=O) groups excluding carboxylic acids is 1. The molecule has 0 bridgehead atoms. The monoisotopic (exact) mass is 243 g/mol. The lowest BCUT2D eigenvalue weighted by Gasteiger charge is -2.34. The standard InChI is InChI=1S/C12H25N3O2/c1-9-4-11(13)6-15(5-9)7-12(16)14-10(2)8-17-3/h9-11H,4-8,13H2,1-3H3,(H,14,16). The number of nitrogens with two attached hydrogens (primary N) is 1. The zero-order chi connectivity index (χ0) is 12.8. The molecule has 0 aromatic rings. The third-order valence-corrected chi connectivity index (χ3v) is 2.96. The highest BCUT2D eigenvalue weighted by atomic mass is 16.5. The molecule has 0 aliphatic carbocycles. The van der Waals surface area contributed by atoms with E-state index >= 15 is 0 Å². The molecule has 5 nitrogen and oxygen atoms in total. The number of hydrogen-bond donors (Lipinski definition) is 2. The van der Waals surface area contributed by atoms with Crippen molar-refractivity contribution in [2.75, 3.05) is 33.4 Å². The van der Waals surface area contributed by atoms with Crippen molar-refractivity contribution in [2.24, 2.45) is 11.7 Å². The number of methoxy groups -OCH3 is 1. The molecule has 1 heterocycles. The SMILES string of the molecule is COCC(C)NC(=O)CN1CC(C)CC(N)C1. The molecule has 1 rings (SSSR count). The van der Waals surface area contributed by atoms with E-state index in [1.165, 1.54) is 0 Å². The largest absolute Gasteiger partial charge is 0.383 e. The van der Waals surface area contributed by atoms with Crippen LogP contribution in [0.15, 0.2) is 0 Å². The van der Waals surface area contributed by atoms with Gasteiger partial charge < -0.3 is 15.8 Å². The van der Waals surface area contributed by atoms with Crippen LogP contribution in [0.25, 0.3) is 0 Å². The Labute approximate surface area is 104 Å². The Morgan fingerprint density at radius 3 is 2.88 bits per heavy atom. The molecule has 17 heavy (non-hydrogen) atoms. The highest BCUT2D eigenvalue weighted by Crippen LogP contribution is 2.14. The maximum absolute atomic E-state index is 11.8. The molecular weight excluding hydrogens is 218 g/mol. The molecule has 1 saturated heterocycles. The van der Waals surface area contributed by atoms with E-state index in [1.807, 2.05) is 6.92 Å². The molecule has 1 amide bonds. The van der Waals surface area contributed by atoms with E-state index in [0.29, 0.717) is 19.1 Å². The van der Waals surface area contributed by atoms with E-state index < -0.39 is 0 Å². The lowest BCUT2D eigenvalue weighted by Crippen LogP contribution is -2.50. The van der Waals surface area contributed by atoms with Crippen LogP contribution in [0.3, 0.4) is 0 Å². The van der Waals surface area contributed by atoms with E-state index in [-0.39, 0.29) is 18.0 Å². The first-order chi connectivity index (χ1) is 8.01. The van der Waals surface area contributed by atoms with Gasteiger partial charge in [0.25, 0.3) is 0 Å². The van der Waals surface area contributed by atoms with Crippen LogP contribution in [0.4, 0.5) is 0 Å². The van der Waals surface area contributed by atoms with Gasteiger partial charge in [-0.1, -0.05) is 6.92 Å². The minimum atomic E-state index is 0.0517. The predicted octanol–water partition coefficient (Wildman–Crippen LogP) is -0.193. The van der Waals surface area contributed by atoms with Crippen molar-refractivity contribution < 1.29 is 9.53 Å². The molecule has 3 atom stereocenters. The Balaban J connectivity index is 2.30. The Hall–Kier alpha value is -0.650. The molecule has 0 aromatic carbocycles. The molecule has 0 radical (unpaired) electrons. The van der Waals surface area contributed by atoms with Crippen molar-refractivity contribution in [1.82, 2.24) is 10.2 Å². The molecule has 3 unspecified atom stereocenters. The first-order valence-corrected chi connectivity index (χ1v) is 6.27. The summed E-state index contributed by atoms with van der Waals surface area (Å²) >= 11 is 0. The van der Waals surface area contributed by atoms with Gasteiger partial charge in [-0.2, -0.15) is 0 Å². The number of nitrogens with zero attached hydrogens (tertiary/aromatic N) is 1. The summed E-state index contributed by atoms with van der Waals surface area (Å²) < 4.78 is 4.98. The zero-order valence-electron chi connectivity index (χ0n) is 11.1. The number of ether oxygens (including phenoxy) is 1. The van der Waals surface area contributed by atoms with Gasteiger partial charge in [0, 0.05) is 32.3 Å². The molecule has 1 fully saturated rings. The highest BCUT2D eigenvalue weighted by molar-refractivity contribution is 5.78. The summed E-state index contributed by atoms with van der Waals surface area (Å²) in [7, 11) is 1.63. The minimum absolute atomic E-state index is 0.0517. The van der Waals surface area contributed by atoms with Crippen LogP contribution in [0.1, 0.15) is 20.3 Å². The summed E-state index contributed by atoms with van der Waals surface area (Å²) in [6.07, 6.45) is 1.05. The molecule has 0 spiro atoms. The first kappa shape index (κ1) is 14.4. The maximum Gasteiger partial charge on any atom is 0.234 e. The fourth-order valence-corrected chi connectivity index (χ4v) is 2.46. The molecule has 100 valence electrons. The Morgan fingerprint density at radius 1 is 1.59 bits per heavy atom. The van der Waals surface area contributed by atoms with Gasteiger partial charge in [0.15, 0.2) is 0 Å². The number of likely N-dealkylation sites (tertiary alicyclic amines) is 1. The van der Waals surface area contributed by atoms with E-state index in [2.05, 4.69) is 17.1 Å². The minimum Gasteiger partial charge on any atom is -0.383 e. The summed E-state index contributed by atoms with van der Waals surface area (Å²) in [5.74, 6) is 0.624. The van der Waals surface area contributed by atoms with Gasteiger partial charge in [0.05, 0.1) is 13.2 Å². The van der Waals surface area contributed by atoms with Crippen LogP contribution >= 0.6 is 0 Å². The maximum atomic E-state index is 11.8. The van der Waals surface area contributed by atoms with Crippen LogP contribution < -0.4 is 11.1 Å². The fourth-order valence-electron chi connectivity index (χ4n) is 2.46. The van der Waals surface area contributed by atoms with Crippen molar-refractivity contribution in [1.29, 1.82) is 0 Å². The quantitative estimate of drug-likeness (QED) is 0.702. The highest BCUT2D eigenvalue weighted by Gasteiger charge is 2.23. The molecule has 1 aliphatic rings. The van der Waals surface area contributed by atoms with E-state index in [1.54, 1.807) is 7.11 Å². The molecule has 0 aromatic heterocycles. The van der Waals surface area contributed by atoms with Gasteiger partial charge in [0.2, 0.25) is 5.91 Å². The summed E-state index contributed by atoms with van der Waals surface area (Å²) in [6.45, 7) is 6.87. The van der Waals surface area contributed by atoms with Crippen molar-refractivity contribution in [2.45, 2.75) is 32.4 Å². The summed E-state index contributed by atoms with van der Waals surface area (Å²) in [5, 5.41) is 2.91. The average Bonchev–Trinajstić information content (AvgIpc) is 2.14. The van der Waals surface area contributed by atoms with Gasteiger partial charge in [0.1, 0.15) is 0 Å². The Morgan fingerprint density at radius 2 is 2.29 bits per heavy atom. The third-order valence-electron chi connectivity index (χ3n) is 2.96. The topological polar surface area (TPSA) is 67.6 Å². The van der Waals surface area contributed by atoms with Crippen molar-refractivity contribution in [3.63, 3.8) is 0 Å². The molecule has 1 aliphatic heterocycles. The second-order valence-electron chi connectivity index (χ2n) is 5.22. The van der Waals surface area contributed by atoms with Crippen molar-refractivity contribution in [3.05, 3.63) is 0 Å². The van der Waals surface area contributed by atoms with Gasteiger partial charge in [-0.05, 0) is 19.3 Å². The van der Waals surface area contributed by atoms with Gasteiger partial charge in [-0.25, -0.2) is 0 Å². The number of amides is 1. The van der Waals surface area contributed by atoms with Gasteiger partial charge >= 0.3 is 0 Å². The third kappa shape index (κ3) is 5.48. The normalized spacial score (nSPS) is 27.8. The van der Waals surface area contributed by atoms with Gasteiger partial charge in [-0.15, -0.1) is 0 Å². The smallest absolute Gasteiger partial charge is 0.234 e. The second-order valence-corrected chi connectivity index (χ2v) is 5.22. The number of hydrogen-bond acceptors (Lipinski definition) is 4. The lowest BCUT2D eigenvalue weighted by atomic mass is 9.97. The number of piperidine rings is 1. The van der Waals surface area contributed by atoms with Crippen LogP contribution in [0, 0.1) is 5.92 Å². The molecule has 3 N–H and O–H groups in total. The van der Waals surface area contributed by atoms with E-state index in [4.69, 9.17) is 10.5 Å². The fraction of sp³-hybridized carbons (Fsp3) is 0.917. The van der Waals surface area contributed by atoms with E-state index in [0.717, 1.165) is 19.5 Å². The Kier molecular flexibility index (Phi) is 5.88. The van der Waals surface area contributed by atoms with Crippen LogP contribution in [0.2, 0.25) is 0 Å². The summed E-state index contributed by atoms with van der Waals surface area (Å²) in [5.41, 5.74) is 5.95. The number of rotatable bonds is 5. The van der Waals surface area contributed by atoms with Crippen LogP contribution in [0.5, 0.6) is 0 Å². The summed E-state index contributed by atoms with van der Waals surface area (Å²) in [6, 6.07) is 0.256. The lowest BCUT2D eigenvalue weighted by molar-refractivity contribution is -0.123. The second kappa shape index (κ2) is 6.93. The summed E-state index contributed by atoms with van der Waals surface area (Å²) in [4.78, 5) is 13.9. The Bertz CT molecular complexity index is 238. The molecule has 5 heteroatoms. The average molecular weight is 243 g/mol. The van der Waals surface area contributed by atoms with Crippen molar-refractivity contribution >= 4 is 5.91 Å². The number of nitrogens with one attached hydrogen (secondary N) is 1. The number of carbonyl (C=O) groups is 1. The molecule has 0 saturated carbocycles. The van der Waals surface area contributed by atoms with E-state index in [9.17, 15) is 4.79 Å². The predicted molar refractivity (Wildman–Crippen MR) is 67.7 cm³/mol. The van der Waals surface area contributed by atoms with Crippen molar-refractivity contribution in [3.8, 4) is 0 Å².